The number of rotatable bonds is 4. The van der Waals surface area contributed by atoms with E-state index < -0.39 is 12.1 Å². The quantitative estimate of drug-likeness (QED) is 0.770. The Hall–Kier alpha value is -2.97. The van der Waals surface area contributed by atoms with Gasteiger partial charge in [-0.15, -0.1) is 0 Å². The van der Waals surface area contributed by atoms with Crippen LogP contribution in [0.3, 0.4) is 0 Å². The van der Waals surface area contributed by atoms with Gasteiger partial charge in [0, 0.05) is 12.1 Å². The zero-order valence-electron chi connectivity index (χ0n) is 12.2. The van der Waals surface area contributed by atoms with Crippen LogP contribution in [0, 0.1) is 5.82 Å². The molecule has 2 atom stereocenters. The van der Waals surface area contributed by atoms with E-state index in [1.165, 1.54) is 24.3 Å². The Bertz CT molecular complexity index is 730. The molecule has 120 valence electrons. The number of amides is 3. The maximum absolute atomic E-state index is 12.9. The molecule has 3 N–H and O–H groups in total. The highest BCUT2D eigenvalue weighted by Gasteiger charge is 2.28. The Morgan fingerprint density at radius 2 is 2.17 bits per heavy atom. The number of benzene rings is 1. The summed E-state index contributed by atoms with van der Waals surface area (Å²) in [6.07, 6.45) is 0. The van der Waals surface area contributed by atoms with E-state index in [1.54, 1.807) is 6.92 Å². The van der Waals surface area contributed by atoms with Crippen LogP contribution >= 0.6 is 0 Å². The highest BCUT2D eigenvalue weighted by Crippen LogP contribution is 2.19. The molecule has 0 unspecified atom stereocenters. The van der Waals surface area contributed by atoms with E-state index in [0.717, 1.165) is 0 Å². The van der Waals surface area contributed by atoms with Crippen molar-refractivity contribution in [3.05, 3.63) is 36.0 Å². The first-order valence-electron chi connectivity index (χ1n) is 6.97. The van der Waals surface area contributed by atoms with Gasteiger partial charge in [-0.2, -0.15) is 4.98 Å². The van der Waals surface area contributed by atoms with Gasteiger partial charge in [-0.1, -0.05) is 5.16 Å². The lowest BCUT2D eigenvalue weighted by Gasteiger charge is -2.13. The highest BCUT2D eigenvalue weighted by atomic mass is 19.1. The lowest BCUT2D eigenvalue weighted by Crippen LogP contribution is -2.43. The number of carbonyl (C=O) groups is 2. The van der Waals surface area contributed by atoms with Crippen LogP contribution in [-0.4, -0.2) is 34.7 Å². The predicted molar refractivity (Wildman–Crippen MR) is 76.6 cm³/mol. The fraction of sp³-hybridized carbons (Fsp3) is 0.286. The Balaban J connectivity index is 1.66. The van der Waals surface area contributed by atoms with Crippen molar-refractivity contribution >= 4 is 11.9 Å². The van der Waals surface area contributed by atoms with E-state index in [1.807, 2.05) is 0 Å². The Morgan fingerprint density at radius 1 is 1.43 bits per heavy atom. The standard InChI is InChI=1S/C14H14FN5O3/c1-7(17-12(21)10-6-16-14(22)18-10)13-19-11(20-23-13)8-2-4-9(15)5-3-8/h2-5,7,10H,6H2,1H3,(H,17,21)(H2,16,18,22)/t7-,10+/m1/s1. The number of nitrogens with one attached hydrogen (secondary N) is 3. The Labute approximate surface area is 130 Å². The first kappa shape index (κ1) is 14.9. The van der Waals surface area contributed by atoms with Crippen molar-refractivity contribution < 1.29 is 18.5 Å². The largest absolute Gasteiger partial charge is 0.343 e. The van der Waals surface area contributed by atoms with Crippen LogP contribution in [0.4, 0.5) is 9.18 Å². The molecule has 0 saturated carbocycles. The zero-order chi connectivity index (χ0) is 16.4. The second kappa shape index (κ2) is 6.03. The predicted octanol–water partition coefficient (Wildman–Crippen LogP) is 0.734. The van der Waals surface area contributed by atoms with Gasteiger partial charge >= 0.3 is 6.03 Å². The molecule has 1 aliphatic heterocycles. The minimum absolute atomic E-state index is 0.218. The van der Waals surface area contributed by atoms with E-state index in [9.17, 15) is 14.0 Å². The monoisotopic (exact) mass is 319 g/mol. The molecule has 3 rings (SSSR count). The van der Waals surface area contributed by atoms with Gasteiger partial charge in [-0.3, -0.25) is 4.79 Å². The summed E-state index contributed by atoms with van der Waals surface area (Å²) in [5, 5.41) is 11.5. The number of carbonyl (C=O) groups excluding carboxylic acids is 2. The van der Waals surface area contributed by atoms with Gasteiger partial charge < -0.3 is 20.5 Å². The van der Waals surface area contributed by atoms with Crippen molar-refractivity contribution in [1.29, 1.82) is 0 Å². The third-order valence-electron chi connectivity index (χ3n) is 3.36. The molecule has 23 heavy (non-hydrogen) atoms. The summed E-state index contributed by atoms with van der Waals surface area (Å²) in [6, 6.07) is 4.12. The summed E-state index contributed by atoms with van der Waals surface area (Å²) in [5.41, 5.74) is 0.604. The Kier molecular flexibility index (Phi) is 3.92. The average Bonchev–Trinajstić information content (AvgIpc) is 3.17. The van der Waals surface area contributed by atoms with Crippen molar-refractivity contribution in [2.75, 3.05) is 6.54 Å². The van der Waals surface area contributed by atoms with Gasteiger partial charge in [0.25, 0.3) is 0 Å². The molecule has 0 spiro atoms. The van der Waals surface area contributed by atoms with E-state index in [-0.39, 0.29) is 30.2 Å². The lowest BCUT2D eigenvalue weighted by molar-refractivity contribution is -0.123. The summed E-state index contributed by atoms with van der Waals surface area (Å²) in [5.74, 6) is -0.186. The molecule has 3 amide bonds. The van der Waals surface area contributed by atoms with Crippen LogP contribution in [0.5, 0.6) is 0 Å². The van der Waals surface area contributed by atoms with Crippen LogP contribution < -0.4 is 16.0 Å². The molecule has 1 aromatic heterocycles. The van der Waals surface area contributed by atoms with Gasteiger partial charge in [0.05, 0.1) is 0 Å². The second-order valence-electron chi connectivity index (χ2n) is 5.10. The molecule has 8 nitrogen and oxygen atoms in total. The maximum atomic E-state index is 12.9. The fourth-order valence-electron chi connectivity index (χ4n) is 2.12. The summed E-state index contributed by atoms with van der Waals surface area (Å²) < 4.78 is 18.0. The number of hydrogen-bond acceptors (Lipinski definition) is 5. The van der Waals surface area contributed by atoms with Crippen molar-refractivity contribution in [3.63, 3.8) is 0 Å². The highest BCUT2D eigenvalue weighted by molar-refractivity contribution is 5.90. The molecule has 0 radical (unpaired) electrons. The summed E-state index contributed by atoms with van der Waals surface area (Å²) in [4.78, 5) is 27.2. The smallest absolute Gasteiger partial charge is 0.315 e. The molecular weight excluding hydrogens is 305 g/mol. The SMILES string of the molecule is C[C@@H](NC(=O)[C@@H]1CNC(=O)N1)c1nc(-c2ccc(F)cc2)no1. The molecule has 2 heterocycles. The molecule has 0 bridgehead atoms. The molecular formula is C14H14FN5O3. The summed E-state index contributed by atoms with van der Waals surface area (Å²) >= 11 is 0. The lowest BCUT2D eigenvalue weighted by atomic mass is 10.2. The third kappa shape index (κ3) is 3.28. The van der Waals surface area contributed by atoms with Gasteiger partial charge in [0.1, 0.15) is 17.9 Å². The van der Waals surface area contributed by atoms with Crippen LogP contribution in [0.15, 0.2) is 28.8 Å². The molecule has 1 fully saturated rings. The third-order valence-corrected chi connectivity index (χ3v) is 3.36. The first-order valence-corrected chi connectivity index (χ1v) is 6.97. The number of urea groups is 1. The normalized spacial score (nSPS) is 18.2. The van der Waals surface area contributed by atoms with Crippen LogP contribution in [0.25, 0.3) is 11.4 Å². The van der Waals surface area contributed by atoms with E-state index in [2.05, 4.69) is 26.1 Å². The Morgan fingerprint density at radius 3 is 2.83 bits per heavy atom. The van der Waals surface area contributed by atoms with Gasteiger partial charge in [0.15, 0.2) is 0 Å². The van der Waals surface area contributed by atoms with Crippen molar-refractivity contribution in [3.8, 4) is 11.4 Å². The average molecular weight is 319 g/mol. The zero-order valence-corrected chi connectivity index (χ0v) is 12.2. The minimum atomic E-state index is -0.635. The molecule has 0 aliphatic carbocycles. The number of hydrogen-bond donors (Lipinski definition) is 3. The second-order valence-corrected chi connectivity index (χ2v) is 5.10. The molecule has 9 heteroatoms. The molecule has 1 aromatic carbocycles. The van der Waals surface area contributed by atoms with Crippen LogP contribution in [0.2, 0.25) is 0 Å². The fourth-order valence-corrected chi connectivity index (χ4v) is 2.12. The number of nitrogens with zero attached hydrogens (tertiary/aromatic N) is 2. The maximum Gasteiger partial charge on any atom is 0.315 e. The molecule has 2 aromatic rings. The minimum Gasteiger partial charge on any atom is -0.343 e. The summed E-state index contributed by atoms with van der Waals surface area (Å²) in [7, 11) is 0. The van der Waals surface area contributed by atoms with Crippen molar-refractivity contribution in [1.82, 2.24) is 26.1 Å². The summed E-state index contributed by atoms with van der Waals surface area (Å²) in [6.45, 7) is 1.91. The van der Waals surface area contributed by atoms with E-state index in [4.69, 9.17) is 4.52 Å². The van der Waals surface area contributed by atoms with Gasteiger partial charge in [-0.25, -0.2) is 9.18 Å². The number of aromatic nitrogens is 2. The van der Waals surface area contributed by atoms with E-state index >= 15 is 0 Å². The van der Waals surface area contributed by atoms with Crippen molar-refractivity contribution in [2.24, 2.45) is 0 Å². The molecule has 1 saturated heterocycles. The first-order chi connectivity index (χ1) is 11.0. The molecule has 1 aliphatic rings. The van der Waals surface area contributed by atoms with Crippen LogP contribution in [-0.2, 0) is 4.79 Å². The van der Waals surface area contributed by atoms with Crippen molar-refractivity contribution in [2.45, 2.75) is 19.0 Å². The topological polar surface area (TPSA) is 109 Å². The van der Waals surface area contributed by atoms with Gasteiger partial charge in [-0.05, 0) is 31.2 Å². The van der Waals surface area contributed by atoms with E-state index in [0.29, 0.717) is 11.4 Å². The number of halogens is 1. The van der Waals surface area contributed by atoms with Gasteiger partial charge in [0.2, 0.25) is 17.6 Å². The van der Waals surface area contributed by atoms with Crippen LogP contribution in [0.1, 0.15) is 18.9 Å².